The summed E-state index contributed by atoms with van der Waals surface area (Å²) in [6.45, 7) is 1.39. The first-order valence-electron chi connectivity index (χ1n) is 7.38. The van der Waals surface area contributed by atoms with Gasteiger partial charge in [-0.1, -0.05) is 0 Å². The molecule has 0 saturated carbocycles. The van der Waals surface area contributed by atoms with Gasteiger partial charge in [0, 0.05) is 11.8 Å². The molecule has 0 spiro atoms. The monoisotopic (exact) mass is 465 g/mol. The van der Waals surface area contributed by atoms with Gasteiger partial charge in [-0.3, -0.25) is 28.0 Å². The molecule has 5 atom stereocenters. The maximum absolute atomic E-state index is 12.2. The van der Waals surface area contributed by atoms with Crippen LogP contribution in [0.1, 0.15) is 24.6 Å². The van der Waals surface area contributed by atoms with Gasteiger partial charge in [0.15, 0.2) is 5.85 Å². The summed E-state index contributed by atoms with van der Waals surface area (Å²) < 4.78 is 48.1. The van der Waals surface area contributed by atoms with Crippen LogP contribution in [0.5, 0.6) is 0 Å². The predicted molar refractivity (Wildman–Crippen MR) is 86.9 cm³/mol. The predicted octanol–water partition coefficient (Wildman–Crippen LogP) is -1.38. The fourth-order valence-electron chi connectivity index (χ4n) is 2.53. The lowest BCUT2D eigenvalue weighted by molar-refractivity contribution is -0.225. The molecule has 1 aromatic heterocycles. The number of phosphoric ester groups is 1. The van der Waals surface area contributed by atoms with Gasteiger partial charge < -0.3 is 29.2 Å². The molecular weight excluding hydrogens is 449 g/mol. The van der Waals surface area contributed by atoms with Crippen molar-refractivity contribution in [1.29, 1.82) is 0 Å². The molecule has 1 aromatic rings. The Morgan fingerprint density at radius 1 is 1.25 bits per heavy atom. The number of aromatic nitrogens is 2. The highest BCUT2D eigenvalue weighted by molar-refractivity contribution is 7.64. The SMILES string of the molecule is Cc1cn([C@@H]2CC[C@H](C(OP(=O)([O-])O)P(=O)(O)OP(=O)(O)O)O2)c(=O)[nH]c1=O. The lowest BCUT2D eigenvalue weighted by Gasteiger charge is -2.30. The number of H-pyrrole nitrogens is 1. The van der Waals surface area contributed by atoms with Crippen LogP contribution in [0.25, 0.3) is 0 Å². The fraction of sp³-hybridized carbons (Fsp3) is 0.600. The van der Waals surface area contributed by atoms with Crippen molar-refractivity contribution in [3.8, 4) is 0 Å². The highest BCUT2D eigenvalue weighted by atomic mass is 31.3. The second kappa shape index (κ2) is 8.05. The Labute approximate surface area is 155 Å². The van der Waals surface area contributed by atoms with Crippen molar-refractivity contribution in [1.82, 2.24) is 9.55 Å². The van der Waals surface area contributed by atoms with E-state index in [1.54, 1.807) is 0 Å². The van der Waals surface area contributed by atoms with Crippen LogP contribution in [0.4, 0.5) is 0 Å². The number of phosphoric acid groups is 2. The van der Waals surface area contributed by atoms with Gasteiger partial charge in [0.05, 0.1) is 6.10 Å². The Bertz CT molecular complexity index is 989. The highest BCUT2D eigenvalue weighted by Gasteiger charge is 2.49. The van der Waals surface area contributed by atoms with Crippen molar-refractivity contribution >= 4 is 23.2 Å². The number of nitrogens with one attached hydrogen (secondary N) is 1. The van der Waals surface area contributed by atoms with E-state index in [0.717, 1.165) is 10.8 Å². The summed E-state index contributed by atoms with van der Waals surface area (Å²) in [5.41, 5.74) is -1.40. The lowest BCUT2D eigenvalue weighted by atomic mass is 10.2. The first kappa shape index (κ1) is 23.3. The molecule has 15 nitrogen and oxygen atoms in total. The topological polar surface area (TPSA) is 238 Å². The van der Waals surface area contributed by atoms with Crippen LogP contribution in [-0.4, -0.2) is 41.1 Å². The zero-order chi connectivity index (χ0) is 21.5. The molecule has 18 heteroatoms. The number of hydrogen-bond acceptors (Lipinski definition) is 9. The number of hydrogen-bond donors (Lipinski definition) is 5. The third-order valence-electron chi connectivity index (χ3n) is 3.59. The molecule has 1 saturated heterocycles. The molecule has 0 amide bonds. The first-order valence-corrected chi connectivity index (χ1v) is 12.1. The van der Waals surface area contributed by atoms with Crippen molar-refractivity contribution in [3.63, 3.8) is 0 Å². The van der Waals surface area contributed by atoms with E-state index < -0.39 is 52.7 Å². The minimum atomic E-state index is -5.66. The molecule has 28 heavy (non-hydrogen) atoms. The van der Waals surface area contributed by atoms with Gasteiger partial charge in [-0.15, -0.1) is 0 Å². The van der Waals surface area contributed by atoms with Gasteiger partial charge in [0.25, 0.3) is 13.4 Å². The number of aromatic amines is 1. The molecule has 1 aliphatic rings. The minimum Gasteiger partial charge on any atom is -0.756 e. The van der Waals surface area contributed by atoms with Gasteiger partial charge in [-0.05, 0) is 19.8 Å². The summed E-state index contributed by atoms with van der Waals surface area (Å²) >= 11 is 0. The lowest BCUT2D eigenvalue weighted by Crippen LogP contribution is -2.35. The van der Waals surface area contributed by atoms with Crippen molar-refractivity contribution < 1.29 is 51.7 Å². The van der Waals surface area contributed by atoms with Gasteiger partial charge in [-0.2, -0.15) is 0 Å². The number of rotatable bonds is 7. The van der Waals surface area contributed by atoms with Crippen molar-refractivity contribution in [3.05, 3.63) is 32.6 Å². The number of aryl methyl sites for hydroxylation is 1. The van der Waals surface area contributed by atoms with Crippen LogP contribution in [0.2, 0.25) is 0 Å². The van der Waals surface area contributed by atoms with Crippen LogP contribution in [0, 0.1) is 6.92 Å². The molecule has 0 aromatic carbocycles. The van der Waals surface area contributed by atoms with Crippen LogP contribution in [0.15, 0.2) is 15.8 Å². The van der Waals surface area contributed by atoms with E-state index in [4.69, 9.17) is 19.4 Å². The normalized spacial score (nSPS) is 25.8. The smallest absolute Gasteiger partial charge is 0.476 e. The van der Waals surface area contributed by atoms with Crippen molar-refractivity contribution in [2.24, 2.45) is 0 Å². The Morgan fingerprint density at radius 2 is 1.86 bits per heavy atom. The van der Waals surface area contributed by atoms with Crippen molar-refractivity contribution in [2.75, 3.05) is 0 Å². The van der Waals surface area contributed by atoms with Gasteiger partial charge in [-0.25, -0.2) is 13.7 Å². The standard InChI is InChI=1S/C10H17N2O13P3/c1-5-4-12(10(14)11-8(5)13)7-3-2-6(23-7)9(24-27(17,18)19)26(15,16)25-28(20,21)22/h4,6-7,9H,2-3H2,1H3,(H,15,16)(H,11,13,14)(H2,17,18,19)(H2,20,21,22)/p-1/t6-,7+,9?/m1/s1. The number of nitrogens with zero attached hydrogens (tertiary/aromatic N) is 1. The minimum absolute atomic E-state index is 0.0413. The summed E-state index contributed by atoms with van der Waals surface area (Å²) in [5.74, 6) is -2.53. The molecule has 1 fully saturated rings. The quantitative estimate of drug-likeness (QED) is 0.292. The Morgan fingerprint density at radius 3 is 2.39 bits per heavy atom. The maximum atomic E-state index is 12.2. The third-order valence-corrected chi connectivity index (χ3v) is 7.12. The Balaban J connectivity index is 2.34. The van der Waals surface area contributed by atoms with Gasteiger partial charge >= 0.3 is 21.1 Å². The third kappa shape index (κ3) is 6.02. The average molecular weight is 465 g/mol. The first-order chi connectivity index (χ1) is 12.6. The van der Waals surface area contributed by atoms with Crippen LogP contribution in [0.3, 0.4) is 0 Å². The Hall–Kier alpha value is -0.950. The van der Waals surface area contributed by atoms with Gasteiger partial charge in [0.2, 0.25) is 0 Å². The molecule has 0 bridgehead atoms. The van der Waals surface area contributed by atoms with E-state index in [9.17, 15) is 33.1 Å². The zero-order valence-corrected chi connectivity index (χ0v) is 16.7. The molecule has 3 unspecified atom stereocenters. The molecule has 160 valence electrons. The average Bonchev–Trinajstić information content (AvgIpc) is 2.94. The molecule has 0 radical (unpaired) electrons. The van der Waals surface area contributed by atoms with E-state index in [1.807, 2.05) is 4.98 Å². The van der Waals surface area contributed by atoms with Crippen molar-refractivity contribution in [2.45, 2.75) is 37.9 Å². The second-order valence-electron chi connectivity index (χ2n) is 5.79. The highest BCUT2D eigenvalue weighted by Crippen LogP contribution is 2.64. The van der Waals surface area contributed by atoms with Gasteiger partial charge in [0.1, 0.15) is 6.23 Å². The summed E-state index contributed by atoms with van der Waals surface area (Å²) in [7, 11) is -16.7. The number of ether oxygens (including phenoxy) is 1. The Kier molecular flexibility index (Phi) is 6.71. The van der Waals surface area contributed by atoms with E-state index in [0.29, 0.717) is 0 Å². The largest absolute Gasteiger partial charge is 0.756 e. The molecular formula is C10H16N2O13P3-. The summed E-state index contributed by atoms with van der Waals surface area (Å²) in [4.78, 5) is 72.4. The summed E-state index contributed by atoms with van der Waals surface area (Å²) in [6.07, 6.45) is -1.89. The molecule has 2 heterocycles. The van der Waals surface area contributed by atoms with Crippen LogP contribution in [-0.2, 0) is 27.3 Å². The molecule has 2 rings (SSSR count). The van der Waals surface area contributed by atoms with E-state index in [1.165, 1.54) is 6.92 Å². The van der Waals surface area contributed by atoms with E-state index >= 15 is 0 Å². The van der Waals surface area contributed by atoms with E-state index in [2.05, 4.69) is 8.83 Å². The second-order valence-corrected chi connectivity index (χ2v) is 10.2. The maximum Gasteiger partial charge on any atom is 0.476 e. The summed E-state index contributed by atoms with van der Waals surface area (Å²) in [6, 6.07) is 0. The van der Waals surface area contributed by atoms with Crippen LogP contribution < -0.4 is 16.1 Å². The van der Waals surface area contributed by atoms with E-state index in [-0.39, 0.29) is 18.4 Å². The molecule has 1 aliphatic heterocycles. The zero-order valence-electron chi connectivity index (χ0n) is 14.0. The fourth-order valence-corrected chi connectivity index (χ4v) is 6.01. The molecule has 5 N–H and O–H groups in total. The summed E-state index contributed by atoms with van der Waals surface area (Å²) in [5, 5.41) is 0. The van der Waals surface area contributed by atoms with Crippen LogP contribution >= 0.6 is 23.2 Å². The molecule has 0 aliphatic carbocycles.